The Hall–Kier alpha value is -0.380. The van der Waals surface area contributed by atoms with Gasteiger partial charge in [0.2, 0.25) is 0 Å². The lowest BCUT2D eigenvalue weighted by Crippen LogP contribution is -2.45. The van der Waals surface area contributed by atoms with E-state index in [1.165, 1.54) is 0 Å². The van der Waals surface area contributed by atoms with E-state index < -0.39 is 0 Å². The molecule has 0 aromatic heterocycles. The first-order valence-electron chi connectivity index (χ1n) is 4.87. The first-order chi connectivity index (χ1) is 6.22. The lowest BCUT2D eigenvalue weighted by molar-refractivity contribution is -0.219. The van der Waals surface area contributed by atoms with Crippen LogP contribution in [0.25, 0.3) is 0 Å². The van der Waals surface area contributed by atoms with Gasteiger partial charge in [0.1, 0.15) is 0 Å². The van der Waals surface area contributed by atoms with Crippen LogP contribution in [0.3, 0.4) is 0 Å². The van der Waals surface area contributed by atoms with Crippen LogP contribution in [0.15, 0.2) is 12.2 Å². The van der Waals surface area contributed by atoms with Gasteiger partial charge in [-0.2, -0.15) is 5.06 Å². The molecular weight excluding hydrogens is 166 g/mol. The summed E-state index contributed by atoms with van der Waals surface area (Å²) < 4.78 is 5.58. The van der Waals surface area contributed by atoms with Gasteiger partial charge in [-0.1, -0.05) is 12.2 Å². The zero-order valence-corrected chi connectivity index (χ0v) is 8.69. The minimum atomic E-state index is 0.273. The van der Waals surface area contributed by atoms with Crippen molar-refractivity contribution >= 4 is 0 Å². The van der Waals surface area contributed by atoms with Gasteiger partial charge in [-0.3, -0.25) is 4.84 Å². The summed E-state index contributed by atoms with van der Waals surface area (Å²) in [4.78, 5) is 5.53. The number of hydrogen-bond donors (Lipinski definition) is 0. The molecule has 76 valence electrons. The van der Waals surface area contributed by atoms with Crippen LogP contribution in [0.2, 0.25) is 0 Å². The lowest BCUT2D eigenvalue weighted by Gasteiger charge is -2.34. The Labute approximate surface area is 80.3 Å². The summed E-state index contributed by atoms with van der Waals surface area (Å²) in [5.41, 5.74) is 0. The van der Waals surface area contributed by atoms with Gasteiger partial charge in [0.25, 0.3) is 0 Å². The van der Waals surface area contributed by atoms with E-state index in [0.29, 0.717) is 6.61 Å². The molecule has 13 heavy (non-hydrogen) atoms. The van der Waals surface area contributed by atoms with Gasteiger partial charge in [0.05, 0.1) is 31.9 Å². The van der Waals surface area contributed by atoms with Crippen molar-refractivity contribution in [2.75, 3.05) is 19.7 Å². The van der Waals surface area contributed by atoms with E-state index in [2.05, 4.69) is 13.8 Å². The fourth-order valence-electron chi connectivity index (χ4n) is 1.48. The summed E-state index contributed by atoms with van der Waals surface area (Å²) in [6, 6.07) is 0. The zero-order chi connectivity index (χ0) is 9.68. The molecule has 1 aliphatic heterocycles. The molecule has 0 saturated carbocycles. The van der Waals surface area contributed by atoms with Crippen molar-refractivity contribution in [3.05, 3.63) is 12.2 Å². The van der Waals surface area contributed by atoms with E-state index in [4.69, 9.17) is 9.57 Å². The second-order valence-corrected chi connectivity index (χ2v) is 3.47. The Morgan fingerprint density at radius 1 is 1.38 bits per heavy atom. The monoisotopic (exact) mass is 185 g/mol. The van der Waals surface area contributed by atoms with E-state index >= 15 is 0 Å². The van der Waals surface area contributed by atoms with Crippen molar-refractivity contribution < 1.29 is 9.57 Å². The third-order valence-electron chi connectivity index (χ3n) is 1.98. The van der Waals surface area contributed by atoms with Crippen molar-refractivity contribution in [3.63, 3.8) is 0 Å². The fraction of sp³-hybridized carbons (Fsp3) is 0.800. The first-order valence-corrected chi connectivity index (χ1v) is 4.87. The quantitative estimate of drug-likeness (QED) is 0.623. The Morgan fingerprint density at radius 3 is 2.54 bits per heavy atom. The van der Waals surface area contributed by atoms with Crippen LogP contribution >= 0.6 is 0 Å². The average Bonchev–Trinajstić information content (AvgIpc) is 2.03. The maximum absolute atomic E-state index is 5.58. The van der Waals surface area contributed by atoms with Crippen LogP contribution in [0, 0.1) is 0 Å². The Balaban J connectivity index is 2.24. The van der Waals surface area contributed by atoms with Crippen LogP contribution < -0.4 is 0 Å². The van der Waals surface area contributed by atoms with Gasteiger partial charge in [-0.25, -0.2) is 0 Å². The predicted molar refractivity (Wildman–Crippen MR) is 52.3 cm³/mol. The summed E-state index contributed by atoms with van der Waals surface area (Å²) in [6.45, 7) is 8.52. The van der Waals surface area contributed by atoms with E-state index in [0.717, 1.165) is 13.1 Å². The molecule has 2 unspecified atom stereocenters. The largest absolute Gasteiger partial charge is 0.373 e. The molecule has 0 aromatic rings. The average molecular weight is 185 g/mol. The molecule has 1 heterocycles. The van der Waals surface area contributed by atoms with Gasteiger partial charge < -0.3 is 4.74 Å². The van der Waals surface area contributed by atoms with Crippen LogP contribution in [0.4, 0.5) is 0 Å². The molecule has 1 aliphatic rings. The van der Waals surface area contributed by atoms with Crippen molar-refractivity contribution in [1.82, 2.24) is 5.06 Å². The third-order valence-corrected chi connectivity index (χ3v) is 1.98. The van der Waals surface area contributed by atoms with E-state index in [1.807, 2.05) is 24.1 Å². The molecule has 1 fully saturated rings. The molecule has 0 N–H and O–H groups in total. The number of nitrogens with zero attached hydrogens (tertiary/aromatic N) is 1. The summed E-state index contributed by atoms with van der Waals surface area (Å²) in [5, 5.41) is 1.98. The van der Waals surface area contributed by atoms with Crippen molar-refractivity contribution in [1.29, 1.82) is 0 Å². The van der Waals surface area contributed by atoms with Crippen LogP contribution in [0.5, 0.6) is 0 Å². The second kappa shape index (κ2) is 5.37. The zero-order valence-electron chi connectivity index (χ0n) is 8.69. The molecule has 3 nitrogen and oxygen atoms in total. The van der Waals surface area contributed by atoms with Crippen LogP contribution in [0.1, 0.15) is 20.8 Å². The topological polar surface area (TPSA) is 21.7 Å². The van der Waals surface area contributed by atoms with Gasteiger partial charge in [0.15, 0.2) is 0 Å². The van der Waals surface area contributed by atoms with Gasteiger partial charge in [-0.15, -0.1) is 0 Å². The SMILES string of the molecule is C/C=C/CON1CC(C)OC(C)C1. The number of allylic oxidation sites excluding steroid dienone is 1. The smallest absolute Gasteiger partial charge is 0.0866 e. The van der Waals surface area contributed by atoms with Crippen LogP contribution in [-0.4, -0.2) is 37.0 Å². The highest BCUT2D eigenvalue weighted by molar-refractivity contribution is 4.76. The Bertz CT molecular complexity index is 160. The molecular formula is C10H19NO2. The maximum Gasteiger partial charge on any atom is 0.0866 e. The number of hydroxylamine groups is 2. The summed E-state index contributed by atoms with van der Waals surface area (Å²) in [5.74, 6) is 0. The van der Waals surface area contributed by atoms with Crippen molar-refractivity contribution in [2.24, 2.45) is 0 Å². The standard InChI is InChI=1S/C10H19NO2/c1-4-5-6-12-11-7-9(2)13-10(3)8-11/h4-5,9-10H,6-8H2,1-3H3/b5-4+. The summed E-state index contributed by atoms with van der Waals surface area (Å²) in [6.07, 6.45) is 4.54. The molecule has 2 atom stereocenters. The molecule has 0 radical (unpaired) electrons. The molecule has 1 rings (SSSR count). The Morgan fingerprint density at radius 2 is 2.00 bits per heavy atom. The fourth-order valence-corrected chi connectivity index (χ4v) is 1.48. The van der Waals surface area contributed by atoms with Gasteiger partial charge >= 0.3 is 0 Å². The molecule has 0 spiro atoms. The van der Waals surface area contributed by atoms with E-state index in [-0.39, 0.29) is 12.2 Å². The molecule has 0 bridgehead atoms. The minimum Gasteiger partial charge on any atom is -0.373 e. The number of morpholine rings is 1. The van der Waals surface area contributed by atoms with Gasteiger partial charge in [0, 0.05) is 0 Å². The summed E-state index contributed by atoms with van der Waals surface area (Å²) >= 11 is 0. The molecule has 0 amide bonds. The Kier molecular flexibility index (Phi) is 4.42. The number of rotatable bonds is 3. The highest BCUT2D eigenvalue weighted by atomic mass is 16.7. The number of ether oxygens (including phenoxy) is 1. The lowest BCUT2D eigenvalue weighted by atomic mass is 10.3. The highest BCUT2D eigenvalue weighted by Crippen LogP contribution is 2.10. The van der Waals surface area contributed by atoms with E-state index in [9.17, 15) is 0 Å². The number of hydrogen-bond acceptors (Lipinski definition) is 3. The molecule has 3 heteroatoms. The highest BCUT2D eigenvalue weighted by Gasteiger charge is 2.22. The van der Waals surface area contributed by atoms with Gasteiger partial charge in [-0.05, 0) is 20.8 Å². The predicted octanol–water partition coefficient (Wildman–Crippen LogP) is 1.60. The molecule has 0 aliphatic carbocycles. The minimum absolute atomic E-state index is 0.273. The van der Waals surface area contributed by atoms with Crippen molar-refractivity contribution in [3.8, 4) is 0 Å². The van der Waals surface area contributed by atoms with Crippen LogP contribution in [-0.2, 0) is 9.57 Å². The van der Waals surface area contributed by atoms with E-state index in [1.54, 1.807) is 0 Å². The summed E-state index contributed by atoms with van der Waals surface area (Å²) in [7, 11) is 0. The first kappa shape index (κ1) is 10.7. The third kappa shape index (κ3) is 3.89. The van der Waals surface area contributed by atoms with Crippen molar-refractivity contribution in [2.45, 2.75) is 33.0 Å². The maximum atomic E-state index is 5.58. The normalized spacial score (nSPS) is 31.3. The second-order valence-electron chi connectivity index (χ2n) is 3.47. The molecule has 1 saturated heterocycles. The molecule has 0 aromatic carbocycles.